The van der Waals surface area contributed by atoms with Gasteiger partial charge >= 0.3 is 0 Å². The quantitative estimate of drug-likeness (QED) is 0.664. The van der Waals surface area contributed by atoms with Crippen molar-refractivity contribution in [2.75, 3.05) is 5.32 Å². The van der Waals surface area contributed by atoms with Crippen LogP contribution in [0.3, 0.4) is 0 Å². The van der Waals surface area contributed by atoms with E-state index in [9.17, 15) is 14.9 Å². The van der Waals surface area contributed by atoms with Crippen molar-refractivity contribution in [3.05, 3.63) is 50.5 Å². The van der Waals surface area contributed by atoms with Crippen molar-refractivity contribution in [1.29, 1.82) is 0 Å². The first-order valence-corrected chi connectivity index (χ1v) is 6.70. The number of nitro benzene ring substituents is 1. The van der Waals surface area contributed by atoms with Crippen LogP contribution in [0, 0.1) is 10.1 Å². The van der Waals surface area contributed by atoms with Crippen LogP contribution in [0.2, 0.25) is 0 Å². The highest BCUT2D eigenvalue weighted by atomic mass is 32.1. The Labute approximate surface area is 117 Å². The van der Waals surface area contributed by atoms with Crippen molar-refractivity contribution in [3.8, 4) is 0 Å². The maximum atomic E-state index is 12.0. The topological polar surface area (TPSA) is 97.2 Å². The SMILES string of the molecule is O=C(Nc1nc2c(s1)CNC2)c1cccc([N+](=O)[O-])c1. The molecule has 0 spiro atoms. The lowest BCUT2D eigenvalue weighted by molar-refractivity contribution is -0.384. The van der Waals surface area contributed by atoms with Gasteiger partial charge in [0, 0.05) is 35.7 Å². The van der Waals surface area contributed by atoms with Gasteiger partial charge in [-0.05, 0) is 6.07 Å². The molecule has 1 aliphatic rings. The molecule has 0 radical (unpaired) electrons. The molecule has 0 saturated carbocycles. The van der Waals surface area contributed by atoms with E-state index < -0.39 is 10.8 Å². The molecule has 2 N–H and O–H groups in total. The van der Waals surface area contributed by atoms with Crippen molar-refractivity contribution in [2.24, 2.45) is 0 Å². The minimum Gasteiger partial charge on any atom is -0.306 e. The van der Waals surface area contributed by atoms with E-state index in [0.717, 1.165) is 17.1 Å². The van der Waals surface area contributed by atoms with Gasteiger partial charge in [-0.2, -0.15) is 0 Å². The fourth-order valence-corrected chi connectivity index (χ4v) is 2.88. The van der Waals surface area contributed by atoms with E-state index in [1.54, 1.807) is 0 Å². The molecule has 0 unspecified atom stereocenters. The molecule has 7 nitrogen and oxygen atoms in total. The number of nitro groups is 1. The van der Waals surface area contributed by atoms with Gasteiger partial charge in [0.15, 0.2) is 5.13 Å². The first-order chi connectivity index (χ1) is 9.63. The molecule has 102 valence electrons. The fourth-order valence-electron chi connectivity index (χ4n) is 1.94. The lowest BCUT2D eigenvalue weighted by atomic mass is 10.2. The molecule has 0 aliphatic carbocycles. The molecule has 2 heterocycles. The molecule has 1 amide bonds. The second kappa shape index (κ2) is 4.99. The molecular weight excluding hydrogens is 280 g/mol. The summed E-state index contributed by atoms with van der Waals surface area (Å²) in [6.07, 6.45) is 0. The van der Waals surface area contributed by atoms with Crippen LogP contribution in [-0.2, 0) is 13.1 Å². The zero-order valence-electron chi connectivity index (χ0n) is 10.3. The smallest absolute Gasteiger partial charge is 0.270 e. The van der Waals surface area contributed by atoms with Crippen LogP contribution in [0.1, 0.15) is 20.9 Å². The molecular formula is C12H10N4O3S. The number of benzene rings is 1. The van der Waals surface area contributed by atoms with Crippen molar-refractivity contribution >= 4 is 28.1 Å². The van der Waals surface area contributed by atoms with Crippen LogP contribution in [0.4, 0.5) is 10.8 Å². The Morgan fingerprint density at radius 3 is 3.05 bits per heavy atom. The molecule has 8 heteroatoms. The Bertz CT molecular complexity index is 676. The van der Waals surface area contributed by atoms with Gasteiger partial charge in [0.25, 0.3) is 11.6 Å². The first-order valence-electron chi connectivity index (χ1n) is 5.88. The largest absolute Gasteiger partial charge is 0.306 e. The number of anilines is 1. The third kappa shape index (κ3) is 2.38. The van der Waals surface area contributed by atoms with Crippen LogP contribution in [0.15, 0.2) is 24.3 Å². The van der Waals surface area contributed by atoms with E-state index in [-0.39, 0.29) is 11.3 Å². The summed E-state index contributed by atoms with van der Waals surface area (Å²) in [5.41, 5.74) is 1.08. The molecule has 0 bridgehead atoms. The van der Waals surface area contributed by atoms with Crippen LogP contribution < -0.4 is 10.6 Å². The van der Waals surface area contributed by atoms with Crippen LogP contribution in [0.25, 0.3) is 0 Å². The molecule has 1 aliphatic heterocycles. The van der Waals surface area contributed by atoms with Crippen molar-refractivity contribution in [1.82, 2.24) is 10.3 Å². The molecule has 3 rings (SSSR count). The maximum absolute atomic E-state index is 12.0. The zero-order valence-corrected chi connectivity index (χ0v) is 11.1. The Morgan fingerprint density at radius 2 is 2.30 bits per heavy atom. The van der Waals surface area contributed by atoms with Gasteiger partial charge in [0.2, 0.25) is 0 Å². The Hall–Kier alpha value is -2.32. The van der Waals surface area contributed by atoms with Crippen molar-refractivity contribution < 1.29 is 9.72 Å². The van der Waals surface area contributed by atoms with Gasteiger partial charge in [-0.1, -0.05) is 6.07 Å². The van der Waals surface area contributed by atoms with Crippen LogP contribution >= 0.6 is 11.3 Å². The summed E-state index contributed by atoms with van der Waals surface area (Å²) in [4.78, 5) is 27.6. The van der Waals surface area contributed by atoms with Gasteiger partial charge in [0.05, 0.1) is 10.6 Å². The summed E-state index contributed by atoms with van der Waals surface area (Å²) in [5.74, 6) is -0.394. The summed E-state index contributed by atoms with van der Waals surface area (Å²) in [7, 11) is 0. The highest BCUT2D eigenvalue weighted by Gasteiger charge is 2.18. The number of carbonyl (C=O) groups excluding carboxylic acids is 1. The average Bonchev–Trinajstić information content (AvgIpc) is 2.99. The average molecular weight is 290 g/mol. The van der Waals surface area contributed by atoms with Crippen LogP contribution in [0.5, 0.6) is 0 Å². The first kappa shape index (κ1) is 12.7. The molecule has 0 atom stereocenters. The minimum atomic E-state index is -0.527. The molecule has 0 fully saturated rings. The summed E-state index contributed by atoms with van der Waals surface area (Å²) >= 11 is 1.42. The second-order valence-corrected chi connectivity index (χ2v) is 5.34. The Balaban J connectivity index is 1.78. The maximum Gasteiger partial charge on any atom is 0.270 e. The highest BCUT2D eigenvalue weighted by Crippen LogP contribution is 2.26. The van der Waals surface area contributed by atoms with Gasteiger partial charge in [-0.25, -0.2) is 4.98 Å². The number of carbonyl (C=O) groups is 1. The number of hydrogen-bond donors (Lipinski definition) is 2. The van der Waals surface area contributed by atoms with E-state index in [1.165, 1.54) is 35.6 Å². The normalized spacial score (nSPS) is 13.0. The lowest BCUT2D eigenvalue weighted by Crippen LogP contribution is -2.12. The monoisotopic (exact) mass is 290 g/mol. The van der Waals surface area contributed by atoms with Crippen LogP contribution in [-0.4, -0.2) is 15.8 Å². The third-order valence-electron chi connectivity index (χ3n) is 2.90. The molecule has 1 aromatic carbocycles. The summed E-state index contributed by atoms with van der Waals surface area (Å²) < 4.78 is 0. The number of rotatable bonds is 3. The molecule has 20 heavy (non-hydrogen) atoms. The number of non-ortho nitro benzene ring substituents is 1. The summed E-state index contributed by atoms with van der Waals surface area (Å²) in [6.45, 7) is 1.47. The van der Waals surface area contributed by atoms with E-state index >= 15 is 0 Å². The summed E-state index contributed by atoms with van der Waals surface area (Å²) in [5, 5.41) is 17.0. The Kier molecular flexibility index (Phi) is 3.17. The predicted octanol–water partition coefficient (Wildman–Crippen LogP) is 1.91. The number of hydrogen-bond acceptors (Lipinski definition) is 6. The lowest BCUT2D eigenvalue weighted by Gasteiger charge is -2.01. The minimum absolute atomic E-state index is 0.108. The third-order valence-corrected chi connectivity index (χ3v) is 3.91. The Morgan fingerprint density at radius 1 is 1.45 bits per heavy atom. The van der Waals surface area contributed by atoms with Gasteiger partial charge in [-0.3, -0.25) is 20.2 Å². The summed E-state index contributed by atoms with van der Waals surface area (Å²) in [6, 6.07) is 5.61. The fraction of sp³-hybridized carbons (Fsp3) is 0.167. The van der Waals surface area contributed by atoms with Crippen molar-refractivity contribution in [2.45, 2.75) is 13.1 Å². The molecule has 2 aromatic rings. The highest BCUT2D eigenvalue weighted by molar-refractivity contribution is 7.15. The molecule has 1 aromatic heterocycles. The van der Waals surface area contributed by atoms with E-state index in [0.29, 0.717) is 11.7 Å². The number of fused-ring (bicyclic) bond motifs is 1. The predicted molar refractivity (Wildman–Crippen MR) is 73.7 cm³/mol. The number of nitrogens with zero attached hydrogens (tertiary/aromatic N) is 2. The van der Waals surface area contributed by atoms with Gasteiger partial charge in [-0.15, -0.1) is 11.3 Å². The molecule has 0 saturated heterocycles. The zero-order chi connectivity index (χ0) is 14.1. The van der Waals surface area contributed by atoms with Gasteiger partial charge < -0.3 is 5.32 Å². The van der Waals surface area contributed by atoms with E-state index in [2.05, 4.69) is 15.6 Å². The number of nitrogens with one attached hydrogen (secondary N) is 2. The standard InChI is InChI=1S/C12H10N4O3S/c17-11(7-2-1-3-8(4-7)16(18)19)15-12-14-9-5-13-6-10(9)20-12/h1-4,13H,5-6H2,(H,14,15,17). The number of thiazole rings is 1. The van der Waals surface area contributed by atoms with E-state index in [1.807, 2.05) is 0 Å². The number of amides is 1. The second-order valence-electron chi connectivity index (χ2n) is 4.25. The van der Waals surface area contributed by atoms with Gasteiger partial charge in [0.1, 0.15) is 0 Å². The number of aromatic nitrogens is 1. The van der Waals surface area contributed by atoms with E-state index in [4.69, 9.17) is 0 Å². The van der Waals surface area contributed by atoms with Crippen molar-refractivity contribution in [3.63, 3.8) is 0 Å².